The van der Waals surface area contributed by atoms with Crippen LogP contribution >= 0.6 is 0 Å². The number of hydrogen-bond acceptors (Lipinski definition) is 5. The lowest BCUT2D eigenvalue weighted by molar-refractivity contribution is -0.117. The van der Waals surface area contributed by atoms with Crippen LogP contribution in [0.25, 0.3) is 0 Å². The van der Waals surface area contributed by atoms with E-state index in [-0.39, 0.29) is 11.8 Å². The maximum atomic E-state index is 12.3. The molecule has 0 aliphatic carbocycles. The lowest BCUT2D eigenvalue weighted by atomic mass is 10.1. The number of carbonyl (C=O) groups excluding carboxylic acids is 1. The van der Waals surface area contributed by atoms with Crippen LogP contribution in [0.3, 0.4) is 0 Å². The zero-order valence-corrected chi connectivity index (χ0v) is 16.0. The van der Waals surface area contributed by atoms with Crippen LogP contribution in [0.15, 0.2) is 34.7 Å². The van der Waals surface area contributed by atoms with E-state index in [4.69, 9.17) is 4.42 Å². The lowest BCUT2D eigenvalue weighted by Crippen LogP contribution is -2.49. The molecule has 142 valence electrons. The van der Waals surface area contributed by atoms with E-state index in [2.05, 4.69) is 45.5 Å². The van der Waals surface area contributed by atoms with Crippen molar-refractivity contribution in [3.8, 4) is 6.07 Å². The molecule has 1 saturated heterocycles. The van der Waals surface area contributed by atoms with Crippen molar-refractivity contribution in [3.63, 3.8) is 0 Å². The molecule has 0 unspecified atom stereocenters. The minimum absolute atomic E-state index is 0.141. The summed E-state index contributed by atoms with van der Waals surface area (Å²) < 4.78 is 5.51. The maximum Gasteiger partial charge on any atom is 0.240 e. The van der Waals surface area contributed by atoms with Crippen molar-refractivity contribution in [2.75, 3.05) is 44.6 Å². The summed E-state index contributed by atoms with van der Waals surface area (Å²) in [6, 6.07) is 12.6. The van der Waals surface area contributed by atoms with Gasteiger partial charge in [-0.05, 0) is 25.8 Å². The summed E-state index contributed by atoms with van der Waals surface area (Å²) in [7, 11) is 0. The van der Waals surface area contributed by atoms with E-state index in [1.54, 1.807) is 6.92 Å². The number of nitriles is 1. The predicted octanol–water partition coefficient (Wildman–Crippen LogP) is 2.57. The Morgan fingerprint density at radius 2 is 1.81 bits per heavy atom. The molecule has 1 aliphatic heterocycles. The molecule has 27 heavy (non-hydrogen) atoms. The highest BCUT2D eigenvalue weighted by atomic mass is 16.4. The highest BCUT2D eigenvalue weighted by Crippen LogP contribution is 2.25. The number of benzene rings is 1. The normalized spacial score (nSPS) is 15.4. The molecule has 0 atom stereocenters. The first-order chi connectivity index (χ1) is 13.1. The van der Waals surface area contributed by atoms with Crippen LogP contribution in [0.4, 0.5) is 5.88 Å². The van der Waals surface area contributed by atoms with E-state index in [9.17, 15) is 10.1 Å². The average molecular weight is 366 g/mol. The number of anilines is 1. The molecule has 0 radical (unpaired) electrons. The fourth-order valence-electron chi connectivity index (χ4n) is 3.32. The van der Waals surface area contributed by atoms with Crippen molar-refractivity contribution in [1.29, 1.82) is 5.26 Å². The number of nitrogens with one attached hydrogen (secondary N) is 1. The second-order valence-corrected chi connectivity index (χ2v) is 7.00. The molecule has 0 bridgehead atoms. The van der Waals surface area contributed by atoms with Gasteiger partial charge in [0.05, 0.1) is 6.54 Å². The van der Waals surface area contributed by atoms with Crippen molar-refractivity contribution in [2.24, 2.45) is 0 Å². The molecule has 1 aliphatic rings. The van der Waals surface area contributed by atoms with E-state index >= 15 is 0 Å². The second-order valence-electron chi connectivity index (χ2n) is 7.00. The molecule has 2 aromatic rings. The fraction of sp³-hybridized carbons (Fsp3) is 0.429. The van der Waals surface area contributed by atoms with Gasteiger partial charge in [-0.15, -0.1) is 0 Å². The van der Waals surface area contributed by atoms with E-state index in [0.29, 0.717) is 17.9 Å². The molecule has 2 heterocycles. The first kappa shape index (κ1) is 19.2. The standard InChI is InChI=1S/C21H26N4O2/c1-16-17(2)27-21(19(16)14-22)23-20(26)15-25-12-10-24(11-13-25)9-8-18-6-4-3-5-7-18/h3-7H,8-13,15H2,1-2H3,(H,23,26). The Hall–Kier alpha value is -2.62. The summed E-state index contributed by atoms with van der Waals surface area (Å²) in [4.78, 5) is 16.9. The molecule has 0 spiro atoms. The Labute approximate surface area is 160 Å². The van der Waals surface area contributed by atoms with E-state index in [0.717, 1.165) is 44.7 Å². The maximum absolute atomic E-state index is 12.3. The Kier molecular flexibility index (Phi) is 6.28. The second kappa shape index (κ2) is 8.85. The summed E-state index contributed by atoms with van der Waals surface area (Å²) in [6.07, 6.45) is 1.05. The van der Waals surface area contributed by atoms with Crippen molar-refractivity contribution in [3.05, 3.63) is 52.8 Å². The van der Waals surface area contributed by atoms with Gasteiger partial charge in [-0.25, -0.2) is 0 Å². The van der Waals surface area contributed by atoms with Gasteiger partial charge in [0.25, 0.3) is 0 Å². The molecule has 1 aromatic carbocycles. The van der Waals surface area contributed by atoms with E-state index in [1.165, 1.54) is 5.56 Å². The molecule has 1 amide bonds. The molecule has 0 saturated carbocycles. The summed E-state index contributed by atoms with van der Waals surface area (Å²) in [5.41, 5.74) is 2.54. The van der Waals surface area contributed by atoms with Gasteiger partial charge in [0, 0.05) is 38.3 Å². The molecule has 1 fully saturated rings. The van der Waals surface area contributed by atoms with Crippen LogP contribution in [-0.4, -0.2) is 55.0 Å². The number of aryl methyl sites for hydroxylation is 1. The van der Waals surface area contributed by atoms with Crippen molar-refractivity contribution < 1.29 is 9.21 Å². The summed E-state index contributed by atoms with van der Waals surface area (Å²) in [5.74, 6) is 0.783. The predicted molar refractivity (Wildman–Crippen MR) is 105 cm³/mol. The Bertz CT molecular complexity index is 815. The third-order valence-corrected chi connectivity index (χ3v) is 5.14. The third kappa shape index (κ3) is 4.97. The number of amides is 1. The monoisotopic (exact) mass is 366 g/mol. The van der Waals surface area contributed by atoms with Crippen molar-refractivity contribution >= 4 is 11.8 Å². The number of hydrogen-bond donors (Lipinski definition) is 1. The SMILES string of the molecule is Cc1oc(NC(=O)CN2CCN(CCc3ccccc3)CC2)c(C#N)c1C. The fourth-order valence-corrected chi connectivity index (χ4v) is 3.32. The van der Waals surface area contributed by atoms with Crippen LogP contribution in [-0.2, 0) is 11.2 Å². The average Bonchev–Trinajstić information content (AvgIpc) is 2.94. The topological polar surface area (TPSA) is 72.5 Å². The van der Waals surface area contributed by atoms with E-state index in [1.807, 2.05) is 13.0 Å². The largest absolute Gasteiger partial charge is 0.444 e. The minimum Gasteiger partial charge on any atom is -0.444 e. The molecule has 6 nitrogen and oxygen atoms in total. The minimum atomic E-state index is -0.141. The third-order valence-electron chi connectivity index (χ3n) is 5.14. The van der Waals surface area contributed by atoms with Gasteiger partial charge >= 0.3 is 0 Å². The summed E-state index contributed by atoms with van der Waals surface area (Å²) in [6.45, 7) is 8.62. The van der Waals surface area contributed by atoms with Gasteiger partial charge in [-0.3, -0.25) is 15.0 Å². The zero-order chi connectivity index (χ0) is 19.2. The van der Waals surface area contributed by atoms with Gasteiger partial charge in [0.15, 0.2) is 0 Å². The van der Waals surface area contributed by atoms with Gasteiger partial charge in [-0.1, -0.05) is 30.3 Å². The van der Waals surface area contributed by atoms with Gasteiger partial charge in [0.1, 0.15) is 17.4 Å². The van der Waals surface area contributed by atoms with Gasteiger partial charge in [0.2, 0.25) is 11.8 Å². The van der Waals surface area contributed by atoms with Gasteiger partial charge in [-0.2, -0.15) is 5.26 Å². The molecule has 1 N–H and O–H groups in total. The first-order valence-electron chi connectivity index (χ1n) is 9.35. The van der Waals surface area contributed by atoms with Crippen LogP contribution < -0.4 is 5.32 Å². The quantitative estimate of drug-likeness (QED) is 0.851. The number of nitrogens with zero attached hydrogens (tertiary/aromatic N) is 3. The number of rotatable bonds is 6. The summed E-state index contributed by atoms with van der Waals surface area (Å²) in [5, 5.41) is 12.0. The summed E-state index contributed by atoms with van der Waals surface area (Å²) >= 11 is 0. The number of furan rings is 1. The van der Waals surface area contributed by atoms with Crippen LogP contribution in [0.1, 0.15) is 22.5 Å². The van der Waals surface area contributed by atoms with Crippen molar-refractivity contribution in [1.82, 2.24) is 9.80 Å². The molecular formula is C21H26N4O2. The molecule has 3 rings (SSSR count). The van der Waals surface area contributed by atoms with Gasteiger partial charge < -0.3 is 9.32 Å². The number of piperazine rings is 1. The van der Waals surface area contributed by atoms with Crippen molar-refractivity contribution in [2.45, 2.75) is 20.3 Å². The zero-order valence-electron chi connectivity index (χ0n) is 16.0. The molecule has 6 heteroatoms. The highest BCUT2D eigenvalue weighted by molar-refractivity contribution is 5.92. The van der Waals surface area contributed by atoms with E-state index < -0.39 is 0 Å². The first-order valence-corrected chi connectivity index (χ1v) is 9.35. The number of carbonyl (C=O) groups is 1. The van der Waals surface area contributed by atoms with Crippen LogP contribution in [0, 0.1) is 25.2 Å². The smallest absolute Gasteiger partial charge is 0.240 e. The Morgan fingerprint density at radius 3 is 2.48 bits per heavy atom. The Balaban J connectivity index is 1.43. The van der Waals surface area contributed by atoms with Crippen LogP contribution in [0.2, 0.25) is 0 Å². The highest BCUT2D eigenvalue weighted by Gasteiger charge is 2.21. The van der Waals surface area contributed by atoms with Crippen LogP contribution in [0.5, 0.6) is 0 Å². The molecular weight excluding hydrogens is 340 g/mol. The Morgan fingerprint density at radius 1 is 1.15 bits per heavy atom. The molecule has 1 aromatic heterocycles. The lowest BCUT2D eigenvalue weighted by Gasteiger charge is -2.34.